The first kappa shape index (κ1) is 15.8. The van der Waals surface area contributed by atoms with Gasteiger partial charge in [-0.1, -0.05) is 6.92 Å². The molecule has 1 unspecified atom stereocenters. The van der Waals surface area contributed by atoms with Crippen molar-refractivity contribution >= 4 is 11.9 Å². The van der Waals surface area contributed by atoms with Gasteiger partial charge in [-0.05, 0) is 19.8 Å². The minimum absolute atomic E-state index is 0.385. The maximum atomic E-state index is 5.45. The van der Waals surface area contributed by atoms with Crippen molar-refractivity contribution < 1.29 is 9.47 Å². The molecule has 2 heterocycles. The quantitative estimate of drug-likeness (QED) is 0.780. The van der Waals surface area contributed by atoms with Gasteiger partial charge in [-0.15, -0.1) is 0 Å². The summed E-state index contributed by atoms with van der Waals surface area (Å²) < 4.78 is 10.7. The van der Waals surface area contributed by atoms with Crippen molar-refractivity contribution in [2.45, 2.75) is 26.7 Å². The number of aromatic nitrogens is 3. The molecule has 0 saturated carbocycles. The number of nitrogens with one attached hydrogen (secondary N) is 1. The summed E-state index contributed by atoms with van der Waals surface area (Å²) in [5.74, 6) is 1.81. The van der Waals surface area contributed by atoms with Crippen molar-refractivity contribution in [3.05, 3.63) is 0 Å². The van der Waals surface area contributed by atoms with E-state index in [1.807, 2.05) is 6.92 Å². The standard InChI is InChI=1S/C14H25N5O2/c1-4-7-15-12-16-13(18-14(17-12)21-5-2)19-8-6-11(9-19)10-20-3/h11H,4-10H2,1-3H3,(H,15,16,17,18). The molecule has 1 N–H and O–H groups in total. The molecule has 0 bridgehead atoms. The molecular weight excluding hydrogens is 270 g/mol. The fourth-order valence-corrected chi connectivity index (χ4v) is 2.38. The number of nitrogens with zero attached hydrogens (tertiary/aromatic N) is 4. The fourth-order valence-electron chi connectivity index (χ4n) is 2.38. The number of anilines is 2. The Morgan fingerprint density at radius 3 is 2.86 bits per heavy atom. The van der Waals surface area contributed by atoms with E-state index >= 15 is 0 Å². The van der Waals surface area contributed by atoms with E-state index < -0.39 is 0 Å². The molecule has 0 radical (unpaired) electrons. The Labute approximate surface area is 126 Å². The van der Waals surface area contributed by atoms with E-state index in [2.05, 4.69) is 32.1 Å². The van der Waals surface area contributed by atoms with Crippen LogP contribution in [0.25, 0.3) is 0 Å². The summed E-state index contributed by atoms with van der Waals surface area (Å²) in [5.41, 5.74) is 0. The molecule has 2 rings (SSSR count). The Bertz CT molecular complexity index is 443. The third-order valence-electron chi connectivity index (χ3n) is 3.38. The van der Waals surface area contributed by atoms with Crippen LogP contribution in [0.4, 0.5) is 11.9 Å². The van der Waals surface area contributed by atoms with E-state index in [0.717, 1.165) is 39.1 Å². The van der Waals surface area contributed by atoms with Crippen LogP contribution in [0.2, 0.25) is 0 Å². The number of ether oxygens (including phenoxy) is 2. The lowest BCUT2D eigenvalue weighted by atomic mass is 10.1. The zero-order chi connectivity index (χ0) is 15.1. The van der Waals surface area contributed by atoms with Gasteiger partial charge in [0.1, 0.15) is 0 Å². The zero-order valence-corrected chi connectivity index (χ0v) is 13.1. The molecular formula is C14H25N5O2. The number of hydrogen-bond acceptors (Lipinski definition) is 7. The van der Waals surface area contributed by atoms with Crippen LogP contribution in [-0.4, -0.2) is 54.9 Å². The molecule has 1 aliphatic rings. The third kappa shape index (κ3) is 4.42. The summed E-state index contributed by atoms with van der Waals surface area (Å²) in [6.07, 6.45) is 2.12. The van der Waals surface area contributed by atoms with Gasteiger partial charge in [-0.25, -0.2) is 0 Å². The predicted molar refractivity (Wildman–Crippen MR) is 82.0 cm³/mol. The molecule has 1 fully saturated rings. The van der Waals surface area contributed by atoms with Crippen molar-refractivity contribution in [3.8, 4) is 6.01 Å². The second-order valence-corrected chi connectivity index (χ2v) is 5.16. The van der Waals surface area contributed by atoms with E-state index in [-0.39, 0.29) is 0 Å². The van der Waals surface area contributed by atoms with Gasteiger partial charge in [-0.3, -0.25) is 0 Å². The van der Waals surface area contributed by atoms with Gasteiger partial charge in [0.25, 0.3) is 0 Å². The van der Waals surface area contributed by atoms with E-state index in [9.17, 15) is 0 Å². The number of hydrogen-bond donors (Lipinski definition) is 1. The van der Waals surface area contributed by atoms with E-state index in [4.69, 9.17) is 9.47 Å². The minimum atomic E-state index is 0.385. The van der Waals surface area contributed by atoms with Crippen molar-refractivity contribution in [1.82, 2.24) is 15.0 Å². The maximum Gasteiger partial charge on any atom is 0.323 e. The Hall–Kier alpha value is -1.63. The first-order valence-corrected chi connectivity index (χ1v) is 7.63. The van der Waals surface area contributed by atoms with E-state index in [0.29, 0.717) is 30.4 Å². The molecule has 1 aromatic heterocycles. The smallest absolute Gasteiger partial charge is 0.323 e. The van der Waals surface area contributed by atoms with Crippen LogP contribution in [0, 0.1) is 5.92 Å². The lowest BCUT2D eigenvalue weighted by Gasteiger charge is -2.17. The molecule has 21 heavy (non-hydrogen) atoms. The summed E-state index contributed by atoms with van der Waals surface area (Å²) in [5, 5.41) is 3.20. The molecule has 0 spiro atoms. The average Bonchev–Trinajstić information content (AvgIpc) is 2.94. The summed E-state index contributed by atoms with van der Waals surface area (Å²) in [7, 11) is 1.74. The Morgan fingerprint density at radius 1 is 1.29 bits per heavy atom. The summed E-state index contributed by atoms with van der Waals surface area (Å²) in [6, 6.07) is 0.385. The van der Waals surface area contributed by atoms with Gasteiger partial charge < -0.3 is 19.7 Å². The highest BCUT2D eigenvalue weighted by atomic mass is 16.5. The first-order chi connectivity index (χ1) is 10.3. The largest absolute Gasteiger partial charge is 0.464 e. The molecule has 7 heteroatoms. The topological polar surface area (TPSA) is 72.4 Å². The van der Waals surface area contributed by atoms with Gasteiger partial charge >= 0.3 is 6.01 Å². The van der Waals surface area contributed by atoms with Crippen LogP contribution in [0.5, 0.6) is 6.01 Å². The molecule has 1 atom stereocenters. The second-order valence-electron chi connectivity index (χ2n) is 5.16. The third-order valence-corrected chi connectivity index (χ3v) is 3.38. The van der Waals surface area contributed by atoms with Crippen LogP contribution in [-0.2, 0) is 4.74 Å². The summed E-state index contributed by atoms with van der Waals surface area (Å²) in [4.78, 5) is 15.4. The lowest BCUT2D eigenvalue weighted by molar-refractivity contribution is 0.161. The summed E-state index contributed by atoms with van der Waals surface area (Å²) in [6.45, 7) is 8.04. The first-order valence-electron chi connectivity index (χ1n) is 7.63. The summed E-state index contributed by atoms with van der Waals surface area (Å²) >= 11 is 0. The van der Waals surface area contributed by atoms with Gasteiger partial charge in [0, 0.05) is 32.7 Å². The highest BCUT2D eigenvalue weighted by Gasteiger charge is 2.25. The van der Waals surface area contributed by atoms with Crippen molar-refractivity contribution in [1.29, 1.82) is 0 Å². The molecule has 1 aliphatic heterocycles. The highest BCUT2D eigenvalue weighted by molar-refractivity contribution is 5.39. The van der Waals surface area contributed by atoms with Gasteiger partial charge in [0.15, 0.2) is 0 Å². The zero-order valence-electron chi connectivity index (χ0n) is 13.1. The Balaban J connectivity index is 2.11. The molecule has 118 valence electrons. The molecule has 1 saturated heterocycles. The molecule has 0 aromatic carbocycles. The minimum Gasteiger partial charge on any atom is -0.464 e. The van der Waals surface area contributed by atoms with Crippen molar-refractivity contribution in [2.75, 3.05) is 50.2 Å². The molecule has 0 aliphatic carbocycles. The van der Waals surface area contributed by atoms with Crippen LogP contribution < -0.4 is 15.0 Å². The van der Waals surface area contributed by atoms with Crippen LogP contribution in [0.15, 0.2) is 0 Å². The Morgan fingerprint density at radius 2 is 2.14 bits per heavy atom. The monoisotopic (exact) mass is 295 g/mol. The van der Waals surface area contributed by atoms with Gasteiger partial charge in [0.2, 0.25) is 11.9 Å². The van der Waals surface area contributed by atoms with Gasteiger partial charge in [-0.2, -0.15) is 15.0 Å². The highest BCUT2D eigenvalue weighted by Crippen LogP contribution is 2.23. The fraction of sp³-hybridized carbons (Fsp3) is 0.786. The van der Waals surface area contributed by atoms with E-state index in [1.54, 1.807) is 7.11 Å². The Kier molecular flexibility index (Phi) is 5.98. The van der Waals surface area contributed by atoms with E-state index in [1.165, 1.54) is 0 Å². The molecule has 7 nitrogen and oxygen atoms in total. The predicted octanol–water partition coefficient (Wildman–Crippen LogP) is 1.56. The van der Waals surface area contributed by atoms with Crippen molar-refractivity contribution in [3.63, 3.8) is 0 Å². The lowest BCUT2D eigenvalue weighted by Crippen LogP contribution is -2.24. The molecule has 1 aromatic rings. The maximum absolute atomic E-state index is 5.45. The van der Waals surface area contributed by atoms with Crippen LogP contribution >= 0.6 is 0 Å². The van der Waals surface area contributed by atoms with Gasteiger partial charge in [0.05, 0.1) is 13.2 Å². The number of rotatable bonds is 8. The SMILES string of the molecule is CCCNc1nc(OCC)nc(N2CCC(COC)C2)n1. The van der Waals surface area contributed by atoms with Crippen LogP contribution in [0.3, 0.4) is 0 Å². The number of methoxy groups -OCH3 is 1. The van der Waals surface area contributed by atoms with Crippen LogP contribution in [0.1, 0.15) is 26.7 Å². The second kappa shape index (κ2) is 7.97. The normalized spacial score (nSPS) is 18.0. The molecule has 0 amide bonds. The average molecular weight is 295 g/mol. The van der Waals surface area contributed by atoms with Crippen molar-refractivity contribution in [2.24, 2.45) is 5.92 Å².